The largest absolute Gasteiger partial charge is 0.354 e. The molecule has 6 heteroatoms. The van der Waals surface area contributed by atoms with Crippen LogP contribution in [0, 0.1) is 0 Å². The van der Waals surface area contributed by atoms with E-state index in [4.69, 9.17) is 0 Å². The first-order chi connectivity index (χ1) is 8.54. The lowest BCUT2D eigenvalue weighted by Crippen LogP contribution is -2.45. The summed E-state index contributed by atoms with van der Waals surface area (Å²) in [5, 5.41) is 5.21. The molecule has 2 amide bonds. The van der Waals surface area contributed by atoms with Gasteiger partial charge in [-0.15, -0.1) is 0 Å². The molecule has 3 N–H and O–H groups in total. The molecule has 6 nitrogen and oxygen atoms in total. The number of aromatic nitrogens is 1. The summed E-state index contributed by atoms with van der Waals surface area (Å²) in [7, 11) is 0. The maximum absolute atomic E-state index is 11.7. The Morgan fingerprint density at radius 3 is 2.78 bits per heavy atom. The van der Waals surface area contributed by atoms with Crippen LogP contribution in [0.15, 0.2) is 23.1 Å². The van der Waals surface area contributed by atoms with E-state index in [0.717, 1.165) is 6.42 Å². The molecule has 1 rings (SSSR count). The quantitative estimate of drug-likeness (QED) is 0.689. The number of carbonyl (C=O) groups excluding carboxylic acids is 2. The number of carbonyl (C=O) groups is 2. The van der Waals surface area contributed by atoms with Crippen LogP contribution in [0.2, 0.25) is 0 Å². The molecule has 1 aromatic rings. The van der Waals surface area contributed by atoms with E-state index in [0.29, 0.717) is 6.54 Å². The van der Waals surface area contributed by atoms with Gasteiger partial charge in [-0.25, -0.2) is 0 Å². The van der Waals surface area contributed by atoms with Crippen LogP contribution in [0.3, 0.4) is 0 Å². The van der Waals surface area contributed by atoms with Crippen LogP contribution in [-0.4, -0.2) is 29.4 Å². The third kappa shape index (κ3) is 4.04. The fourth-order valence-corrected chi connectivity index (χ4v) is 1.33. The molecule has 0 radical (unpaired) electrons. The maximum atomic E-state index is 11.7. The molecule has 0 aliphatic carbocycles. The third-order valence-electron chi connectivity index (χ3n) is 2.33. The first-order valence-electron chi connectivity index (χ1n) is 5.82. The summed E-state index contributed by atoms with van der Waals surface area (Å²) < 4.78 is 0. The van der Waals surface area contributed by atoms with Crippen molar-refractivity contribution in [3.05, 3.63) is 34.2 Å². The highest BCUT2D eigenvalue weighted by Gasteiger charge is 2.15. The van der Waals surface area contributed by atoms with E-state index in [-0.39, 0.29) is 17.0 Å². The second-order valence-electron chi connectivity index (χ2n) is 3.93. The van der Waals surface area contributed by atoms with Gasteiger partial charge in [0.15, 0.2) is 0 Å². The van der Waals surface area contributed by atoms with Crippen LogP contribution in [0.1, 0.15) is 30.6 Å². The van der Waals surface area contributed by atoms with Gasteiger partial charge in [-0.3, -0.25) is 14.4 Å². The molecule has 0 fully saturated rings. The number of hydrogen-bond acceptors (Lipinski definition) is 3. The third-order valence-corrected chi connectivity index (χ3v) is 2.33. The number of nitrogens with one attached hydrogen (secondary N) is 3. The van der Waals surface area contributed by atoms with E-state index in [2.05, 4.69) is 15.6 Å². The minimum atomic E-state index is -0.636. The van der Waals surface area contributed by atoms with Crippen molar-refractivity contribution >= 4 is 11.8 Å². The lowest BCUT2D eigenvalue weighted by atomic mass is 10.2. The molecule has 98 valence electrons. The normalized spacial score (nSPS) is 11.7. The van der Waals surface area contributed by atoms with Crippen molar-refractivity contribution in [2.45, 2.75) is 26.3 Å². The zero-order chi connectivity index (χ0) is 13.5. The second kappa shape index (κ2) is 6.58. The van der Waals surface area contributed by atoms with Crippen molar-refractivity contribution in [1.82, 2.24) is 15.6 Å². The van der Waals surface area contributed by atoms with Gasteiger partial charge in [-0.05, 0) is 19.4 Å². The van der Waals surface area contributed by atoms with Crippen LogP contribution >= 0.6 is 0 Å². The van der Waals surface area contributed by atoms with Crippen molar-refractivity contribution in [1.29, 1.82) is 0 Å². The molecule has 0 aliphatic rings. The summed E-state index contributed by atoms with van der Waals surface area (Å²) in [5.74, 6) is -0.685. The molecular formula is C12H17N3O3. The molecular weight excluding hydrogens is 234 g/mol. The number of hydrogen-bond donors (Lipinski definition) is 3. The molecule has 1 heterocycles. The average Bonchev–Trinajstić information content (AvgIpc) is 2.35. The number of H-pyrrole nitrogens is 1. The van der Waals surface area contributed by atoms with Gasteiger partial charge in [0.05, 0.1) is 0 Å². The summed E-state index contributed by atoms with van der Waals surface area (Å²) in [6.45, 7) is 4.11. The SMILES string of the molecule is CCCNC(=O)C(C)NC(=O)c1cc[nH]c(=O)c1. The highest BCUT2D eigenvalue weighted by atomic mass is 16.2. The van der Waals surface area contributed by atoms with Crippen LogP contribution in [0.25, 0.3) is 0 Å². The molecule has 0 saturated carbocycles. The Morgan fingerprint density at radius 2 is 2.17 bits per heavy atom. The van der Waals surface area contributed by atoms with Crippen LogP contribution < -0.4 is 16.2 Å². The Kier molecular flexibility index (Phi) is 5.10. The smallest absolute Gasteiger partial charge is 0.252 e. The Labute approximate surface area is 105 Å². The van der Waals surface area contributed by atoms with Gasteiger partial charge in [-0.2, -0.15) is 0 Å². The first-order valence-corrected chi connectivity index (χ1v) is 5.82. The first kappa shape index (κ1) is 14.0. The minimum Gasteiger partial charge on any atom is -0.354 e. The topological polar surface area (TPSA) is 91.1 Å². The molecule has 18 heavy (non-hydrogen) atoms. The highest BCUT2D eigenvalue weighted by Crippen LogP contribution is 1.94. The number of aromatic amines is 1. The van der Waals surface area contributed by atoms with Gasteiger partial charge in [-0.1, -0.05) is 6.92 Å². The zero-order valence-electron chi connectivity index (χ0n) is 10.4. The number of rotatable bonds is 5. The Balaban J connectivity index is 2.59. The minimum absolute atomic E-state index is 0.230. The van der Waals surface area contributed by atoms with Crippen LogP contribution in [-0.2, 0) is 4.79 Å². The average molecular weight is 251 g/mol. The van der Waals surface area contributed by atoms with E-state index in [1.807, 2.05) is 6.92 Å². The number of amides is 2. The Morgan fingerprint density at radius 1 is 1.44 bits per heavy atom. The fourth-order valence-electron chi connectivity index (χ4n) is 1.33. The Hall–Kier alpha value is -2.11. The van der Waals surface area contributed by atoms with Crippen LogP contribution in [0.4, 0.5) is 0 Å². The summed E-state index contributed by atoms with van der Waals surface area (Å²) in [5.41, 5.74) is -0.125. The van der Waals surface area contributed by atoms with Gasteiger partial charge < -0.3 is 15.6 Å². The van der Waals surface area contributed by atoms with E-state index in [1.54, 1.807) is 6.92 Å². The van der Waals surface area contributed by atoms with Crippen molar-refractivity contribution in [3.8, 4) is 0 Å². The van der Waals surface area contributed by atoms with Gasteiger partial charge in [0, 0.05) is 24.4 Å². The predicted molar refractivity (Wildman–Crippen MR) is 67.3 cm³/mol. The van der Waals surface area contributed by atoms with Gasteiger partial charge in [0.2, 0.25) is 11.5 Å². The van der Waals surface area contributed by atoms with E-state index in [1.165, 1.54) is 18.3 Å². The Bertz CT molecular complexity index is 481. The molecule has 0 spiro atoms. The zero-order valence-corrected chi connectivity index (χ0v) is 10.4. The standard InChI is InChI=1S/C12H17N3O3/c1-3-5-14-11(17)8(2)15-12(18)9-4-6-13-10(16)7-9/h4,6-8H,3,5H2,1-2H3,(H,13,16)(H,14,17)(H,15,18). The molecule has 0 saturated heterocycles. The second-order valence-corrected chi connectivity index (χ2v) is 3.93. The predicted octanol–water partition coefficient (Wildman–Crippen LogP) is 0.0194. The maximum Gasteiger partial charge on any atom is 0.252 e. The molecule has 0 aliphatic heterocycles. The lowest BCUT2D eigenvalue weighted by molar-refractivity contribution is -0.122. The number of pyridine rings is 1. The van der Waals surface area contributed by atoms with Gasteiger partial charge in [0.1, 0.15) is 6.04 Å². The summed E-state index contributed by atoms with van der Waals surface area (Å²) >= 11 is 0. The molecule has 1 aromatic heterocycles. The van der Waals surface area contributed by atoms with Crippen molar-refractivity contribution in [2.75, 3.05) is 6.54 Å². The van der Waals surface area contributed by atoms with Crippen LogP contribution in [0.5, 0.6) is 0 Å². The highest BCUT2D eigenvalue weighted by molar-refractivity contribution is 5.97. The molecule has 1 atom stereocenters. The van der Waals surface area contributed by atoms with Crippen molar-refractivity contribution < 1.29 is 9.59 Å². The van der Waals surface area contributed by atoms with Crippen molar-refractivity contribution in [3.63, 3.8) is 0 Å². The van der Waals surface area contributed by atoms with E-state index >= 15 is 0 Å². The van der Waals surface area contributed by atoms with Gasteiger partial charge in [0.25, 0.3) is 5.91 Å². The molecule has 0 aromatic carbocycles. The lowest BCUT2D eigenvalue weighted by Gasteiger charge is -2.13. The molecule has 1 unspecified atom stereocenters. The molecule has 0 bridgehead atoms. The summed E-state index contributed by atoms with van der Waals surface area (Å²) in [6, 6.07) is 2.03. The summed E-state index contributed by atoms with van der Waals surface area (Å²) in [6.07, 6.45) is 2.22. The van der Waals surface area contributed by atoms with E-state index < -0.39 is 11.9 Å². The summed E-state index contributed by atoms with van der Waals surface area (Å²) in [4.78, 5) is 36.7. The monoisotopic (exact) mass is 251 g/mol. The van der Waals surface area contributed by atoms with Crippen molar-refractivity contribution in [2.24, 2.45) is 0 Å². The van der Waals surface area contributed by atoms with E-state index in [9.17, 15) is 14.4 Å². The van der Waals surface area contributed by atoms with Gasteiger partial charge >= 0.3 is 0 Å². The fraction of sp³-hybridized carbons (Fsp3) is 0.417.